The summed E-state index contributed by atoms with van der Waals surface area (Å²) in [6.45, 7) is 2.42. The van der Waals surface area contributed by atoms with Gasteiger partial charge in [0.1, 0.15) is 0 Å². The van der Waals surface area contributed by atoms with Gasteiger partial charge in [-0.05, 0) is 6.92 Å². The van der Waals surface area contributed by atoms with Crippen LogP contribution in [-0.2, 0) is 4.79 Å². The summed E-state index contributed by atoms with van der Waals surface area (Å²) in [6, 6.07) is 0. The highest BCUT2D eigenvalue weighted by molar-refractivity contribution is 5.75. The van der Waals surface area contributed by atoms with Crippen molar-refractivity contribution in [3.8, 4) is 0 Å². The Labute approximate surface area is 48.7 Å². The SMILES string of the molecule is CCNC(=O)CCO. The van der Waals surface area contributed by atoms with Crippen molar-refractivity contribution in [3.05, 3.63) is 0 Å². The summed E-state index contributed by atoms with van der Waals surface area (Å²) >= 11 is 0. The molecule has 3 nitrogen and oxygen atoms in total. The largest absolute Gasteiger partial charge is 0.396 e. The van der Waals surface area contributed by atoms with Crippen molar-refractivity contribution in [1.29, 1.82) is 0 Å². The Kier molecular flexibility index (Phi) is 4.26. The van der Waals surface area contributed by atoms with Crippen LogP contribution in [0.1, 0.15) is 13.3 Å². The molecule has 0 aliphatic rings. The molecule has 0 spiro atoms. The lowest BCUT2D eigenvalue weighted by molar-refractivity contribution is -0.121. The maximum atomic E-state index is 10.4. The zero-order chi connectivity index (χ0) is 6.41. The third kappa shape index (κ3) is 3.61. The van der Waals surface area contributed by atoms with Crippen molar-refractivity contribution in [2.45, 2.75) is 13.3 Å². The van der Waals surface area contributed by atoms with Gasteiger partial charge in [-0.1, -0.05) is 0 Å². The van der Waals surface area contributed by atoms with Crippen molar-refractivity contribution in [2.24, 2.45) is 0 Å². The molecular formula is C5H11NO2. The number of carbonyl (C=O) groups is 1. The van der Waals surface area contributed by atoms with Gasteiger partial charge < -0.3 is 10.4 Å². The van der Waals surface area contributed by atoms with E-state index in [-0.39, 0.29) is 18.9 Å². The number of nitrogens with one attached hydrogen (secondary N) is 1. The minimum atomic E-state index is -0.0880. The molecule has 0 unspecified atom stereocenters. The van der Waals surface area contributed by atoms with E-state index in [1.54, 1.807) is 0 Å². The molecule has 0 radical (unpaired) electrons. The molecule has 0 rings (SSSR count). The number of amides is 1. The summed E-state index contributed by atoms with van der Waals surface area (Å²) < 4.78 is 0. The van der Waals surface area contributed by atoms with E-state index in [2.05, 4.69) is 5.32 Å². The molecule has 0 aromatic carbocycles. The first-order valence-electron chi connectivity index (χ1n) is 2.68. The average Bonchev–Trinajstić information content (AvgIpc) is 1.68. The molecule has 0 saturated carbocycles. The second-order valence-corrected chi connectivity index (χ2v) is 1.43. The molecule has 8 heavy (non-hydrogen) atoms. The summed E-state index contributed by atoms with van der Waals surface area (Å²) in [5.41, 5.74) is 0. The van der Waals surface area contributed by atoms with Gasteiger partial charge in [0.05, 0.1) is 6.61 Å². The maximum absolute atomic E-state index is 10.4. The topological polar surface area (TPSA) is 49.3 Å². The van der Waals surface area contributed by atoms with Gasteiger partial charge >= 0.3 is 0 Å². The van der Waals surface area contributed by atoms with E-state index in [9.17, 15) is 4.79 Å². The second-order valence-electron chi connectivity index (χ2n) is 1.43. The predicted molar refractivity (Wildman–Crippen MR) is 30.4 cm³/mol. The first kappa shape index (κ1) is 7.43. The Morgan fingerprint density at radius 2 is 2.38 bits per heavy atom. The number of hydrogen-bond acceptors (Lipinski definition) is 2. The van der Waals surface area contributed by atoms with Crippen LogP contribution in [0.3, 0.4) is 0 Å². The lowest BCUT2D eigenvalue weighted by Crippen LogP contribution is -2.23. The number of hydrogen-bond donors (Lipinski definition) is 2. The molecule has 0 saturated heterocycles. The van der Waals surface area contributed by atoms with Crippen LogP contribution in [0.25, 0.3) is 0 Å². The van der Waals surface area contributed by atoms with E-state index in [1.165, 1.54) is 0 Å². The summed E-state index contributed by atoms with van der Waals surface area (Å²) in [5.74, 6) is -0.0880. The van der Waals surface area contributed by atoms with E-state index in [1.807, 2.05) is 6.92 Å². The van der Waals surface area contributed by atoms with Gasteiger partial charge in [-0.25, -0.2) is 0 Å². The molecule has 1 amide bonds. The van der Waals surface area contributed by atoms with Gasteiger partial charge in [-0.3, -0.25) is 4.79 Å². The van der Waals surface area contributed by atoms with E-state index in [4.69, 9.17) is 5.11 Å². The molecule has 0 aliphatic heterocycles. The van der Waals surface area contributed by atoms with Crippen molar-refractivity contribution >= 4 is 5.91 Å². The normalized spacial score (nSPS) is 8.75. The van der Waals surface area contributed by atoms with Crippen molar-refractivity contribution in [2.75, 3.05) is 13.2 Å². The van der Waals surface area contributed by atoms with E-state index in [0.717, 1.165) is 0 Å². The average molecular weight is 117 g/mol. The summed E-state index contributed by atoms with van der Waals surface area (Å²) in [7, 11) is 0. The monoisotopic (exact) mass is 117 g/mol. The molecule has 0 bridgehead atoms. The van der Waals surface area contributed by atoms with Gasteiger partial charge in [-0.15, -0.1) is 0 Å². The molecule has 3 heteroatoms. The zero-order valence-corrected chi connectivity index (χ0v) is 4.98. The van der Waals surface area contributed by atoms with Crippen LogP contribution in [0.4, 0.5) is 0 Å². The molecule has 0 fully saturated rings. The zero-order valence-electron chi connectivity index (χ0n) is 4.98. The maximum Gasteiger partial charge on any atom is 0.222 e. The highest BCUT2D eigenvalue weighted by Gasteiger charge is 1.93. The second kappa shape index (κ2) is 4.59. The highest BCUT2D eigenvalue weighted by atomic mass is 16.3. The van der Waals surface area contributed by atoms with Crippen molar-refractivity contribution in [3.63, 3.8) is 0 Å². The summed E-state index contributed by atoms with van der Waals surface area (Å²) in [4.78, 5) is 10.4. The molecule has 0 aromatic rings. The molecule has 0 heterocycles. The number of aliphatic hydroxyl groups excluding tert-OH is 1. The number of carbonyl (C=O) groups excluding carboxylic acids is 1. The van der Waals surface area contributed by atoms with Gasteiger partial charge in [0, 0.05) is 13.0 Å². The van der Waals surface area contributed by atoms with Crippen LogP contribution in [-0.4, -0.2) is 24.2 Å². The fraction of sp³-hybridized carbons (Fsp3) is 0.800. The smallest absolute Gasteiger partial charge is 0.222 e. The molecular weight excluding hydrogens is 106 g/mol. The standard InChI is InChI=1S/C5H11NO2/c1-2-6-5(8)3-4-7/h7H,2-4H2,1H3,(H,6,8). The summed E-state index contributed by atoms with van der Waals surface area (Å²) in [5, 5.41) is 10.7. The van der Waals surface area contributed by atoms with Crippen LogP contribution >= 0.6 is 0 Å². The molecule has 0 atom stereocenters. The van der Waals surface area contributed by atoms with E-state index in [0.29, 0.717) is 6.54 Å². The van der Waals surface area contributed by atoms with Crippen molar-refractivity contribution in [1.82, 2.24) is 5.32 Å². The van der Waals surface area contributed by atoms with Crippen LogP contribution in [0.5, 0.6) is 0 Å². The first-order valence-corrected chi connectivity index (χ1v) is 2.68. The molecule has 0 aliphatic carbocycles. The number of rotatable bonds is 3. The molecule has 0 aromatic heterocycles. The summed E-state index contributed by atoms with van der Waals surface area (Å²) in [6.07, 6.45) is 0.216. The highest BCUT2D eigenvalue weighted by Crippen LogP contribution is 1.73. The Bertz CT molecular complexity index is 64.8. The van der Waals surface area contributed by atoms with Gasteiger partial charge in [0.2, 0.25) is 5.91 Å². The van der Waals surface area contributed by atoms with Gasteiger partial charge in [-0.2, -0.15) is 0 Å². The molecule has 2 N–H and O–H groups in total. The van der Waals surface area contributed by atoms with Crippen LogP contribution in [0.2, 0.25) is 0 Å². The first-order chi connectivity index (χ1) is 3.81. The predicted octanol–water partition coefficient (Wildman–Crippen LogP) is -0.495. The Morgan fingerprint density at radius 3 is 2.75 bits per heavy atom. The quantitative estimate of drug-likeness (QED) is 0.523. The lowest BCUT2D eigenvalue weighted by Gasteiger charge is -1.96. The number of aliphatic hydroxyl groups is 1. The molecule has 48 valence electrons. The Balaban J connectivity index is 3.06. The van der Waals surface area contributed by atoms with Crippen LogP contribution in [0, 0.1) is 0 Å². The van der Waals surface area contributed by atoms with Gasteiger partial charge in [0.15, 0.2) is 0 Å². The lowest BCUT2D eigenvalue weighted by atomic mass is 10.4. The van der Waals surface area contributed by atoms with E-state index >= 15 is 0 Å². The Morgan fingerprint density at radius 1 is 1.75 bits per heavy atom. The fourth-order valence-corrected chi connectivity index (χ4v) is 0.387. The van der Waals surface area contributed by atoms with E-state index < -0.39 is 0 Å². The Hall–Kier alpha value is -0.570. The van der Waals surface area contributed by atoms with Crippen LogP contribution in [0.15, 0.2) is 0 Å². The minimum Gasteiger partial charge on any atom is -0.396 e. The third-order valence-electron chi connectivity index (χ3n) is 0.713. The third-order valence-corrected chi connectivity index (χ3v) is 0.713. The van der Waals surface area contributed by atoms with Gasteiger partial charge in [0.25, 0.3) is 0 Å². The van der Waals surface area contributed by atoms with Crippen LogP contribution < -0.4 is 5.32 Å². The minimum absolute atomic E-state index is 0.0637. The fourth-order valence-electron chi connectivity index (χ4n) is 0.387. The van der Waals surface area contributed by atoms with Crippen molar-refractivity contribution < 1.29 is 9.90 Å².